The monoisotopic (exact) mass is 772 g/mol. The van der Waals surface area contributed by atoms with Crippen LogP contribution in [-0.4, -0.2) is 42.9 Å². The van der Waals surface area contributed by atoms with Gasteiger partial charge in [-0.1, -0.05) is 184 Å². The molecule has 4 rings (SSSR count). The molecule has 12 heteroatoms. The largest absolute Gasteiger partial charge is 2.00 e. The number of nitrogens with one attached hydrogen (secondary N) is 2. The van der Waals surface area contributed by atoms with E-state index in [4.69, 9.17) is 20.8 Å². The molecule has 0 fully saturated rings. The molecule has 0 aliphatic carbocycles. The summed E-state index contributed by atoms with van der Waals surface area (Å²) in [4.78, 5) is 7.57. The fourth-order valence-corrected chi connectivity index (χ4v) is 19.6. The molecule has 0 saturated carbocycles. The van der Waals surface area contributed by atoms with Gasteiger partial charge in [-0.2, -0.15) is 0 Å². The molecular weight excluding hydrogens is 715 g/mol. The fraction of sp³-hybridized carbons (Fsp3) is 0.353. The Morgan fingerprint density at radius 1 is 0.370 bits per heavy atom. The summed E-state index contributed by atoms with van der Waals surface area (Å²) in [6.45, 7) is 27.6. The van der Waals surface area contributed by atoms with Crippen molar-refractivity contribution in [1.82, 2.24) is 9.97 Å². The van der Waals surface area contributed by atoms with Crippen LogP contribution in [0.5, 0.6) is 0 Å². The molecule has 2 aromatic carbocycles. The molecule has 4 aromatic rings. The van der Waals surface area contributed by atoms with Gasteiger partial charge in [-0.3, -0.25) is 9.97 Å². The first-order valence-electron chi connectivity index (χ1n) is 14.9. The van der Waals surface area contributed by atoms with E-state index < -0.39 is 32.9 Å². The summed E-state index contributed by atoms with van der Waals surface area (Å²) in [7, 11) is -4.42. The summed E-state index contributed by atoms with van der Waals surface area (Å²) in [5.74, 6) is 0. The summed E-state index contributed by atoms with van der Waals surface area (Å²) in [5, 5.41) is 0. The van der Waals surface area contributed by atoms with Gasteiger partial charge in [0.25, 0.3) is 0 Å². The van der Waals surface area contributed by atoms with Gasteiger partial charge >= 0.3 is 34.1 Å². The third-order valence-corrected chi connectivity index (χ3v) is 14.8. The Kier molecular flexibility index (Phi) is 31.3. The molecule has 0 saturated heterocycles. The molecule has 2 aromatic heterocycles. The Balaban J connectivity index is -0.000000229. The van der Waals surface area contributed by atoms with Crippen molar-refractivity contribution < 1.29 is 34.1 Å². The molecular formula is C34H58Mn2N6Si4. The molecule has 2 radical (unpaired) electrons. The number of hydrogen-bond donors (Lipinski definition) is 0. The molecule has 0 aliphatic rings. The second kappa shape index (κ2) is 28.2. The second-order valence-electron chi connectivity index (χ2n) is 13.7. The molecule has 254 valence electrons. The summed E-state index contributed by atoms with van der Waals surface area (Å²) in [5.41, 5.74) is 15.1. The minimum Gasteiger partial charge on any atom is -0.699 e. The first-order valence-corrected chi connectivity index (χ1v) is 28.7. The first kappa shape index (κ1) is 51.0. The molecule has 2 heterocycles. The van der Waals surface area contributed by atoms with Crippen LogP contribution in [0.1, 0.15) is 0 Å². The van der Waals surface area contributed by atoms with Crippen LogP contribution < -0.4 is 0 Å². The molecule has 0 spiro atoms. The number of aromatic nitrogens is 2. The zero-order valence-corrected chi connectivity index (χ0v) is 36.5. The smallest absolute Gasteiger partial charge is 0.699 e. The Bertz CT molecular complexity index is 983. The predicted octanol–water partition coefficient (Wildman–Crippen LogP) is 13.0. The van der Waals surface area contributed by atoms with Gasteiger partial charge in [0.1, 0.15) is 0 Å². The van der Waals surface area contributed by atoms with Crippen molar-refractivity contribution in [2.75, 3.05) is 0 Å². The minimum absolute atomic E-state index is 0. The maximum absolute atomic E-state index is 7.00. The van der Waals surface area contributed by atoms with Crippen molar-refractivity contribution in [3.8, 4) is 0 Å². The van der Waals surface area contributed by atoms with Crippen molar-refractivity contribution in [2.24, 2.45) is 0 Å². The molecule has 46 heavy (non-hydrogen) atoms. The molecule has 0 aliphatic heterocycles. The molecule has 6 nitrogen and oxygen atoms in total. The van der Waals surface area contributed by atoms with Crippen molar-refractivity contribution in [2.45, 2.75) is 78.6 Å². The van der Waals surface area contributed by atoms with Crippen LogP contribution in [0.4, 0.5) is 11.4 Å². The normalized spacial score (nSPS) is 10.2. The SMILES string of the molecule is C[Si](C)(C)[N-][Si](C)(C)C.C[Si](C)(C)[N-][Si](C)(C)C.[Mn+2].[Mn+2].[NH-]c1ccccc1.[NH-]c1ccccc1.c1ccncc1.c1ccncc1. The maximum atomic E-state index is 7.00. The number of benzene rings is 2. The number of pyridine rings is 2. The van der Waals surface area contributed by atoms with Crippen molar-refractivity contribution in [3.63, 3.8) is 0 Å². The quantitative estimate of drug-likeness (QED) is 0.193. The number of rotatable bonds is 4. The van der Waals surface area contributed by atoms with Crippen LogP contribution in [0, 0.1) is 0 Å². The Hall–Kier alpha value is -1.83. The van der Waals surface area contributed by atoms with Crippen molar-refractivity contribution >= 4 is 44.3 Å². The Morgan fingerprint density at radius 2 is 0.565 bits per heavy atom. The predicted molar refractivity (Wildman–Crippen MR) is 209 cm³/mol. The van der Waals surface area contributed by atoms with Crippen LogP contribution in [0.3, 0.4) is 0 Å². The van der Waals surface area contributed by atoms with Gasteiger partial charge in [-0.15, -0.1) is 11.4 Å². The van der Waals surface area contributed by atoms with Gasteiger partial charge in [0.05, 0.1) is 0 Å². The van der Waals surface area contributed by atoms with Gasteiger partial charge in [0.2, 0.25) is 0 Å². The Labute approximate surface area is 307 Å². The first-order chi connectivity index (χ1) is 20.2. The van der Waals surface area contributed by atoms with Crippen LogP contribution in [-0.2, 0) is 34.1 Å². The van der Waals surface area contributed by atoms with Gasteiger partial charge < -0.3 is 20.8 Å². The van der Waals surface area contributed by atoms with E-state index in [9.17, 15) is 0 Å². The second-order valence-corrected chi connectivity index (χ2v) is 32.8. The van der Waals surface area contributed by atoms with E-state index in [1.807, 2.05) is 72.8 Å². The van der Waals surface area contributed by atoms with E-state index in [0.29, 0.717) is 11.4 Å². The average Bonchev–Trinajstić information content (AvgIpc) is 2.89. The molecule has 2 N–H and O–H groups in total. The summed E-state index contributed by atoms with van der Waals surface area (Å²) < 4.78 is 9.64. The average molecular weight is 773 g/mol. The topological polar surface area (TPSA) is 102 Å². The van der Waals surface area contributed by atoms with E-state index in [0.717, 1.165) is 0 Å². The molecule has 0 atom stereocenters. The van der Waals surface area contributed by atoms with Crippen molar-refractivity contribution in [3.05, 3.63) is 143 Å². The zero-order chi connectivity index (χ0) is 34.1. The van der Waals surface area contributed by atoms with Crippen molar-refractivity contribution in [1.29, 1.82) is 0 Å². The van der Waals surface area contributed by atoms with E-state index in [-0.39, 0.29) is 34.1 Å². The van der Waals surface area contributed by atoms with Crippen LogP contribution in [0.25, 0.3) is 20.8 Å². The van der Waals surface area contributed by atoms with Gasteiger partial charge in [-0.05, 0) is 24.3 Å². The van der Waals surface area contributed by atoms with Gasteiger partial charge in [0.15, 0.2) is 0 Å². The summed E-state index contributed by atoms with van der Waals surface area (Å²) in [6, 6.07) is 29.6. The van der Waals surface area contributed by atoms with E-state index in [1.165, 1.54) is 0 Å². The third kappa shape index (κ3) is 49.1. The van der Waals surface area contributed by atoms with Crippen LogP contribution in [0.2, 0.25) is 78.6 Å². The Morgan fingerprint density at radius 3 is 0.630 bits per heavy atom. The number of hydrogen-bond acceptors (Lipinski definition) is 2. The maximum Gasteiger partial charge on any atom is 2.00 e. The minimum atomic E-state index is -1.11. The summed E-state index contributed by atoms with van der Waals surface area (Å²) in [6.07, 6.45) is 7.00. The third-order valence-electron chi connectivity index (χ3n) is 4.02. The molecule has 0 bridgehead atoms. The fourth-order valence-electron chi connectivity index (χ4n) is 3.51. The number of nitrogens with zero attached hydrogens (tertiary/aromatic N) is 4. The van der Waals surface area contributed by atoms with Gasteiger partial charge in [0, 0.05) is 24.8 Å². The summed E-state index contributed by atoms with van der Waals surface area (Å²) >= 11 is 0. The van der Waals surface area contributed by atoms with E-state index in [1.54, 1.807) is 49.1 Å². The van der Waals surface area contributed by atoms with E-state index >= 15 is 0 Å². The van der Waals surface area contributed by atoms with Crippen LogP contribution >= 0.6 is 0 Å². The molecule has 0 unspecified atom stereocenters. The van der Waals surface area contributed by atoms with Gasteiger partial charge in [-0.25, -0.2) is 0 Å². The van der Waals surface area contributed by atoms with Crippen LogP contribution in [0.15, 0.2) is 122 Å². The standard InChI is InChI=1S/2C6H18NSi2.2C6H6N.2C5H5N.2Mn/c2*1-8(2,3)7-9(4,5)6;2*7-6-4-2-1-3-5-6;2*1-2-4-6-5-3-1;;/h2*1-6H3;2*1-5,7H;2*1-5H;;/q4*-1;;;2*+2. The van der Waals surface area contributed by atoms with E-state index in [2.05, 4.69) is 88.5 Å². The zero-order valence-electron chi connectivity index (χ0n) is 30.1. The molecule has 0 amide bonds.